The van der Waals surface area contributed by atoms with Gasteiger partial charge in [-0.15, -0.1) is 0 Å². The maximum Gasteiger partial charge on any atom is 0.267 e. The molecule has 0 fully saturated rings. The summed E-state index contributed by atoms with van der Waals surface area (Å²) < 4.78 is 5.59. The van der Waals surface area contributed by atoms with E-state index in [1.807, 2.05) is 36.4 Å². The van der Waals surface area contributed by atoms with Gasteiger partial charge in [0.1, 0.15) is 5.75 Å². The first-order valence-electron chi connectivity index (χ1n) is 8.24. The number of nitrogens with one attached hydrogen (secondary N) is 1. The average molecular weight is 330 g/mol. The largest absolute Gasteiger partial charge is 0.479 e. The number of rotatable bonds is 5. The third-order valence-electron chi connectivity index (χ3n) is 4.39. The highest BCUT2D eigenvalue weighted by Gasteiger charge is 2.31. The first-order chi connectivity index (χ1) is 11.6. The van der Waals surface area contributed by atoms with Crippen molar-refractivity contribution >= 4 is 17.5 Å². The summed E-state index contributed by atoms with van der Waals surface area (Å²) in [5, 5.41) is 12.0. The fraction of sp³-hybridized carbons (Fsp3) is 0.444. The lowest BCUT2D eigenvalue weighted by molar-refractivity contribution is -0.125. The van der Waals surface area contributed by atoms with Crippen molar-refractivity contribution in [2.45, 2.75) is 31.9 Å². The van der Waals surface area contributed by atoms with Crippen LogP contribution in [0.4, 0.5) is 5.69 Å². The van der Waals surface area contributed by atoms with Crippen molar-refractivity contribution in [3.63, 3.8) is 0 Å². The zero-order chi connectivity index (χ0) is 17.1. The highest BCUT2D eigenvalue weighted by molar-refractivity contribution is 6.00. The molecule has 3 rings (SSSR count). The number of nitrogens with zero attached hydrogens (tertiary/aromatic N) is 1. The molecule has 0 radical (unpaired) electrons. The summed E-state index contributed by atoms with van der Waals surface area (Å²) in [4.78, 5) is 26.1. The molecule has 1 heterocycles. The summed E-state index contributed by atoms with van der Waals surface area (Å²) in [6.07, 6.45) is 4.23. The number of para-hydroxylation sites is 2. The lowest BCUT2D eigenvalue weighted by Crippen LogP contribution is -2.46. The minimum Gasteiger partial charge on any atom is -0.479 e. The summed E-state index contributed by atoms with van der Waals surface area (Å²) in [6.45, 7) is 2.12. The molecule has 2 amide bonds. The van der Waals surface area contributed by atoms with E-state index in [0.29, 0.717) is 18.0 Å². The Morgan fingerprint density at radius 2 is 2.17 bits per heavy atom. The first kappa shape index (κ1) is 16.5. The van der Waals surface area contributed by atoms with E-state index in [0.717, 1.165) is 6.42 Å². The van der Waals surface area contributed by atoms with Crippen LogP contribution in [0.5, 0.6) is 5.75 Å². The Morgan fingerprint density at radius 1 is 1.38 bits per heavy atom. The van der Waals surface area contributed by atoms with Gasteiger partial charge in [-0.3, -0.25) is 9.59 Å². The number of carbonyl (C=O) groups is 2. The monoisotopic (exact) mass is 330 g/mol. The zero-order valence-electron chi connectivity index (χ0n) is 13.6. The van der Waals surface area contributed by atoms with E-state index in [9.17, 15) is 9.59 Å². The number of fused-ring (bicyclic) bond motifs is 1. The lowest BCUT2D eigenvalue weighted by atomic mass is 10.1. The molecule has 1 aliphatic heterocycles. The van der Waals surface area contributed by atoms with Crippen molar-refractivity contribution in [1.29, 1.82) is 0 Å². The van der Waals surface area contributed by atoms with Crippen LogP contribution in [0.25, 0.3) is 0 Å². The Labute approximate surface area is 141 Å². The Hall–Kier alpha value is -2.34. The van der Waals surface area contributed by atoms with Crippen LogP contribution in [0.2, 0.25) is 0 Å². The number of amides is 2. The van der Waals surface area contributed by atoms with Gasteiger partial charge in [0.2, 0.25) is 5.91 Å². The Bertz CT molecular complexity index is 658. The number of aliphatic hydroxyl groups is 1. The summed E-state index contributed by atoms with van der Waals surface area (Å²) >= 11 is 0. The summed E-state index contributed by atoms with van der Waals surface area (Å²) in [5.41, 5.74) is 0.703. The van der Waals surface area contributed by atoms with Gasteiger partial charge >= 0.3 is 0 Å². The van der Waals surface area contributed by atoms with Crippen LogP contribution in [0.15, 0.2) is 36.4 Å². The smallest absolute Gasteiger partial charge is 0.267 e. The Balaban J connectivity index is 1.59. The van der Waals surface area contributed by atoms with E-state index < -0.39 is 6.10 Å². The third-order valence-corrected chi connectivity index (χ3v) is 4.39. The molecule has 0 saturated heterocycles. The quantitative estimate of drug-likeness (QED) is 0.796. The maximum atomic E-state index is 12.4. The molecular formula is C18H22N2O4. The summed E-state index contributed by atoms with van der Waals surface area (Å²) in [7, 11) is 0. The van der Waals surface area contributed by atoms with E-state index in [1.165, 1.54) is 0 Å². The number of anilines is 1. The molecule has 6 nitrogen and oxygen atoms in total. The molecule has 0 spiro atoms. The molecule has 24 heavy (non-hydrogen) atoms. The fourth-order valence-corrected chi connectivity index (χ4v) is 3.10. The van der Waals surface area contributed by atoms with Crippen LogP contribution >= 0.6 is 0 Å². The second-order valence-corrected chi connectivity index (χ2v) is 6.20. The van der Waals surface area contributed by atoms with Gasteiger partial charge in [-0.25, -0.2) is 0 Å². The number of aliphatic hydroxyl groups excluding tert-OH is 1. The van der Waals surface area contributed by atoms with E-state index in [2.05, 4.69) is 5.32 Å². The van der Waals surface area contributed by atoms with Crippen LogP contribution in [0, 0.1) is 5.92 Å². The van der Waals surface area contributed by atoms with Crippen LogP contribution in [0.1, 0.15) is 19.8 Å². The van der Waals surface area contributed by atoms with Gasteiger partial charge in [-0.05, 0) is 25.5 Å². The maximum absolute atomic E-state index is 12.4. The predicted octanol–water partition coefficient (Wildman–Crippen LogP) is 1.24. The van der Waals surface area contributed by atoms with Crippen LogP contribution in [-0.4, -0.2) is 42.2 Å². The number of hydrogen-bond acceptors (Lipinski definition) is 4. The Morgan fingerprint density at radius 3 is 2.92 bits per heavy atom. The van der Waals surface area contributed by atoms with Crippen molar-refractivity contribution in [3.8, 4) is 5.75 Å². The van der Waals surface area contributed by atoms with Crippen molar-refractivity contribution in [2.75, 3.05) is 18.1 Å². The van der Waals surface area contributed by atoms with E-state index in [4.69, 9.17) is 9.84 Å². The SMILES string of the molecule is CC1Oc2ccccc2N(CCC(=O)N[C@@H]2C=C[C@H](CO)C2)C1=O. The zero-order valence-corrected chi connectivity index (χ0v) is 13.6. The number of benzene rings is 1. The molecule has 0 bridgehead atoms. The van der Waals surface area contributed by atoms with Crippen molar-refractivity contribution in [1.82, 2.24) is 5.32 Å². The molecule has 2 aliphatic rings. The Kier molecular flexibility index (Phi) is 4.85. The topological polar surface area (TPSA) is 78.9 Å². The summed E-state index contributed by atoms with van der Waals surface area (Å²) in [6, 6.07) is 7.31. The van der Waals surface area contributed by atoms with Crippen LogP contribution in [-0.2, 0) is 9.59 Å². The molecule has 1 aliphatic carbocycles. The van der Waals surface area contributed by atoms with E-state index >= 15 is 0 Å². The molecule has 6 heteroatoms. The number of hydrogen-bond donors (Lipinski definition) is 2. The average Bonchev–Trinajstić information content (AvgIpc) is 3.03. The standard InChI is InChI=1S/C18H22N2O4/c1-12-18(23)20(15-4-2-3-5-16(15)24-12)9-8-17(22)19-14-7-6-13(10-14)11-21/h2-7,12-14,21H,8-11H2,1H3,(H,19,22)/t12?,13-,14+/m0/s1. The molecule has 1 unspecified atom stereocenters. The van der Waals surface area contributed by atoms with Crippen molar-refractivity contribution in [3.05, 3.63) is 36.4 Å². The second-order valence-electron chi connectivity index (χ2n) is 6.20. The van der Waals surface area contributed by atoms with Crippen LogP contribution < -0.4 is 15.0 Å². The molecule has 1 aromatic rings. The van der Waals surface area contributed by atoms with Crippen molar-refractivity contribution < 1.29 is 19.4 Å². The third kappa shape index (κ3) is 3.43. The van der Waals surface area contributed by atoms with Gasteiger partial charge in [-0.1, -0.05) is 24.3 Å². The molecule has 1 aromatic carbocycles. The van der Waals surface area contributed by atoms with Gasteiger partial charge in [0.15, 0.2) is 6.10 Å². The van der Waals surface area contributed by atoms with Crippen LogP contribution in [0.3, 0.4) is 0 Å². The number of carbonyl (C=O) groups excluding carboxylic acids is 2. The molecule has 3 atom stereocenters. The minimum absolute atomic E-state index is 0.0405. The van der Waals surface area contributed by atoms with Crippen molar-refractivity contribution in [2.24, 2.45) is 5.92 Å². The van der Waals surface area contributed by atoms with E-state index in [-0.39, 0.29) is 36.8 Å². The second kappa shape index (κ2) is 7.05. The summed E-state index contributed by atoms with van der Waals surface area (Å²) in [5.74, 6) is 0.536. The van der Waals surface area contributed by atoms with Gasteiger partial charge in [0, 0.05) is 31.5 Å². The minimum atomic E-state index is -0.550. The van der Waals surface area contributed by atoms with Gasteiger partial charge in [0.05, 0.1) is 5.69 Å². The molecule has 0 saturated carbocycles. The number of ether oxygens (including phenoxy) is 1. The molecular weight excluding hydrogens is 308 g/mol. The lowest BCUT2D eigenvalue weighted by Gasteiger charge is -2.32. The van der Waals surface area contributed by atoms with Gasteiger partial charge in [0.25, 0.3) is 5.91 Å². The fourth-order valence-electron chi connectivity index (χ4n) is 3.10. The van der Waals surface area contributed by atoms with Gasteiger partial charge < -0.3 is 20.1 Å². The first-order valence-corrected chi connectivity index (χ1v) is 8.24. The van der Waals surface area contributed by atoms with Gasteiger partial charge in [-0.2, -0.15) is 0 Å². The molecule has 0 aromatic heterocycles. The molecule has 2 N–H and O–H groups in total. The predicted molar refractivity (Wildman–Crippen MR) is 89.8 cm³/mol. The highest BCUT2D eigenvalue weighted by Crippen LogP contribution is 2.33. The normalized spacial score (nSPS) is 25.3. The highest BCUT2D eigenvalue weighted by atomic mass is 16.5. The molecule has 128 valence electrons. The van der Waals surface area contributed by atoms with E-state index in [1.54, 1.807) is 11.8 Å².